The number of rotatable bonds is 5. The SMILES string of the molecule is O=C(c1ccc(-c2ncc(-c3cnc(-c4ccc(C(=O)C(F)(F)F)cc4)s3)s2)cc1)C(F)(F)F. The predicted molar refractivity (Wildman–Crippen MR) is 115 cm³/mol. The number of hydrogen-bond donors (Lipinski definition) is 0. The van der Waals surface area contributed by atoms with Crippen molar-refractivity contribution in [2.24, 2.45) is 0 Å². The summed E-state index contributed by atoms with van der Waals surface area (Å²) in [5, 5.41) is 1.04. The average Bonchev–Trinajstić information content (AvgIpc) is 3.47. The highest BCUT2D eigenvalue weighted by Gasteiger charge is 2.39. The summed E-state index contributed by atoms with van der Waals surface area (Å²) in [6, 6.07) is 9.86. The van der Waals surface area contributed by atoms with E-state index >= 15 is 0 Å². The second-order valence-corrected chi connectivity index (χ2v) is 8.93. The lowest BCUT2D eigenvalue weighted by molar-refractivity contribution is -0.0888. The molecule has 12 heteroatoms. The van der Waals surface area contributed by atoms with Crippen LogP contribution < -0.4 is 0 Å². The fourth-order valence-corrected chi connectivity index (χ4v) is 4.80. The molecule has 0 N–H and O–H groups in total. The predicted octanol–water partition coefficient (Wildman–Crippen LogP) is 7.09. The summed E-state index contributed by atoms with van der Waals surface area (Å²) >= 11 is 2.52. The Balaban J connectivity index is 1.52. The molecular formula is C22H10F6N2O2S2. The normalized spacial score (nSPS) is 12.1. The molecule has 4 nitrogen and oxygen atoms in total. The molecule has 2 aromatic carbocycles. The minimum absolute atomic E-state index is 0.469. The fraction of sp³-hybridized carbons (Fsp3) is 0.0909. The Labute approximate surface area is 195 Å². The van der Waals surface area contributed by atoms with Crippen molar-refractivity contribution >= 4 is 34.2 Å². The molecule has 2 heterocycles. The molecule has 0 amide bonds. The molecule has 0 saturated heterocycles. The molecule has 34 heavy (non-hydrogen) atoms. The first kappa shape index (κ1) is 23.8. The zero-order valence-corrected chi connectivity index (χ0v) is 18.2. The molecule has 0 aliphatic heterocycles. The van der Waals surface area contributed by atoms with Gasteiger partial charge >= 0.3 is 12.4 Å². The molecule has 0 aliphatic rings. The zero-order valence-electron chi connectivity index (χ0n) is 16.6. The lowest BCUT2D eigenvalue weighted by Crippen LogP contribution is -2.22. The number of aromatic nitrogens is 2. The first-order valence-electron chi connectivity index (χ1n) is 9.29. The van der Waals surface area contributed by atoms with Crippen molar-refractivity contribution in [3.63, 3.8) is 0 Å². The van der Waals surface area contributed by atoms with E-state index in [9.17, 15) is 35.9 Å². The molecule has 0 saturated carbocycles. The summed E-state index contributed by atoms with van der Waals surface area (Å²) in [5.74, 6) is -3.85. The van der Waals surface area contributed by atoms with Gasteiger partial charge in [0.25, 0.3) is 11.6 Å². The van der Waals surface area contributed by atoms with E-state index in [0.717, 1.165) is 34.0 Å². The van der Waals surface area contributed by atoms with E-state index in [0.29, 0.717) is 21.1 Å². The molecule has 2 aromatic heterocycles. The molecular weight excluding hydrogens is 502 g/mol. The van der Waals surface area contributed by atoms with Crippen molar-refractivity contribution in [2.45, 2.75) is 12.4 Å². The minimum Gasteiger partial charge on any atom is -0.284 e. The summed E-state index contributed by atoms with van der Waals surface area (Å²) in [7, 11) is 0. The van der Waals surface area contributed by atoms with Crippen LogP contribution >= 0.6 is 22.7 Å². The summed E-state index contributed by atoms with van der Waals surface area (Å²) in [6.45, 7) is 0. The molecule has 0 unspecified atom stereocenters. The second-order valence-electron chi connectivity index (χ2n) is 6.87. The number of ketones is 2. The Morgan fingerprint density at radius 1 is 0.588 bits per heavy atom. The third-order valence-electron chi connectivity index (χ3n) is 4.56. The van der Waals surface area contributed by atoms with Gasteiger partial charge in [0.1, 0.15) is 10.0 Å². The molecule has 0 aliphatic carbocycles. The first-order valence-corrected chi connectivity index (χ1v) is 10.9. The van der Waals surface area contributed by atoms with E-state index in [4.69, 9.17) is 0 Å². The van der Waals surface area contributed by atoms with Gasteiger partial charge in [-0.2, -0.15) is 26.3 Å². The highest BCUT2D eigenvalue weighted by molar-refractivity contribution is 7.24. The monoisotopic (exact) mass is 512 g/mol. The summed E-state index contributed by atoms with van der Waals surface area (Å²) < 4.78 is 75.3. The number of hydrogen-bond acceptors (Lipinski definition) is 6. The highest BCUT2D eigenvalue weighted by Crippen LogP contribution is 2.38. The smallest absolute Gasteiger partial charge is 0.284 e. The number of benzene rings is 2. The van der Waals surface area contributed by atoms with Gasteiger partial charge in [-0.3, -0.25) is 9.59 Å². The van der Waals surface area contributed by atoms with Gasteiger partial charge in [0.2, 0.25) is 0 Å². The van der Waals surface area contributed by atoms with Gasteiger partial charge in [-0.1, -0.05) is 48.5 Å². The van der Waals surface area contributed by atoms with Gasteiger partial charge in [-0.05, 0) is 0 Å². The standard InChI is InChI=1S/C22H10F6N2O2S2/c23-21(24,25)17(31)11-1-5-13(6-2-11)19-29-9-15(33-19)16-10-30-20(34-16)14-7-3-12(4-8-14)18(32)22(26,27)28/h1-10H. The maximum absolute atomic E-state index is 12.6. The van der Waals surface area contributed by atoms with Crippen LogP contribution in [-0.2, 0) is 0 Å². The lowest BCUT2D eigenvalue weighted by Gasteiger charge is -2.05. The van der Waals surface area contributed by atoms with Crippen LogP contribution in [0, 0.1) is 0 Å². The molecule has 4 rings (SSSR count). The van der Waals surface area contributed by atoms with E-state index in [1.807, 2.05) is 0 Å². The molecule has 0 atom stereocenters. The van der Waals surface area contributed by atoms with Crippen molar-refractivity contribution in [3.8, 4) is 30.9 Å². The van der Waals surface area contributed by atoms with Crippen molar-refractivity contribution in [3.05, 3.63) is 72.1 Å². The van der Waals surface area contributed by atoms with Gasteiger partial charge in [-0.25, -0.2) is 9.97 Å². The lowest BCUT2D eigenvalue weighted by atomic mass is 10.1. The topological polar surface area (TPSA) is 59.9 Å². The van der Waals surface area contributed by atoms with Crippen LogP contribution in [0.2, 0.25) is 0 Å². The maximum atomic E-state index is 12.6. The van der Waals surface area contributed by atoms with Crippen LogP contribution in [0.25, 0.3) is 30.9 Å². The van der Waals surface area contributed by atoms with Crippen LogP contribution in [-0.4, -0.2) is 33.9 Å². The summed E-state index contributed by atoms with van der Waals surface area (Å²) in [6.07, 6.45) is -6.77. The third kappa shape index (κ3) is 4.92. The molecule has 174 valence electrons. The molecule has 0 fully saturated rings. The Hall–Kier alpha value is -3.38. The van der Waals surface area contributed by atoms with E-state index in [-0.39, 0.29) is 0 Å². The summed E-state index contributed by atoms with van der Waals surface area (Å²) in [4.78, 5) is 32.6. The van der Waals surface area contributed by atoms with E-state index in [1.165, 1.54) is 46.9 Å². The zero-order chi connectivity index (χ0) is 24.7. The quantitative estimate of drug-likeness (QED) is 0.212. The van der Waals surface area contributed by atoms with Crippen LogP contribution in [0.3, 0.4) is 0 Å². The van der Waals surface area contributed by atoms with Gasteiger partial charge in [-0.15, -0.1) is 22.7 Å². The van der Waals surface area contributed by atoms with Crippen LogP contribution in [0.1, 0.15) is 20.7 Å². The van der Waals surface area contributed by atoms with E-state index < -0.39 is 35.0 Å². The third-order valence-corrected chi connectivity index (χ3v) is 6.85. The van der Waals surface area contributed by atoms with Gasteiger partial charge in [0.05, 0.1) is 9.75 Å². The van der Waals surface area contributed by atoms with Gasteiger partial charge in [0.15, 0.2) is 0 Å². The Morgan fingerprint density at radius 3 is 1.21 bits per heavy atom. The number of thiazole rings is 2. The largest absolute Gasteiger partial charge is 0.454 e. The number of nitrogens with zero attached hydrogens (tertiary/aromatic N) is 2. The second kappa shape index (κ2) is 8.76. The minimum atomic E-state index is -4.95. The fourth-order valence-electron chi connectivity index (χ4n) is 2.90. The molecule has 0 radical (unpaired) electrons. The number of carbonyl (C=O) groups is 2. The first-order chi connectivity index (χ1) is 15.9. The van der Waals surface area contributed by atoms with Gasteiger partial charge < -0.3 is 0 Å². The Kier molecular flexibility index (Phi) is 6.13. The van der Waals surface area contributed by atoms with E-state index in [2.05, 4.69) is 9.97 Å². The van der Waals surface area contributed by atoms with Crippen LogP contribution in [0.15, 0.2) is 60.9 Å². The number of Topliss-reactive ketones (excluding diaryl/α,β-unsaturated/α-hetero) is 2. The van der Waals surface area contributed by atoms with Crippen molar-refractivity contribution in [1.82, 2.24) is 9.97 Å². The molecule has 4 aromatic rings. The maximum Gasteiger partial charge on any atom is 0.454 e. The number of halogens is 6. The van der Waals surface area contributed by atoms with Crippen molar-refractivity contribution in [1.29, 1.82) is 0 Å². The van der Waals surface area contributed by atoms with Gasteiger partial charge in [0, 0.05) is 34.6 Å². The highest BCUT2D eigenvalue weighted by atomic mass is 32.1. The van der Waals surface area contributed by atoms with Crippen molar-refractivity contribution in [2.75, 3.05) is 0 Å². The number of carbonyl (C=O) groups excluding carboxylic acids is 2. The number of alkyl halides is 6. The Bertz CT molecular complexity index is 1250. The van der Waals surface area contributed by atoms with Crippen LogP contribution in [0.5, 0.6) is 0 Å². The molecule has 0 spiro atoms. The summed E-state index contributed by atoms with van der Waals surface area (Å²) in [5.41, 5.74) is 0.125. The Morgan fingerprint density at radius 2 is 0.912 bits per heavy atom. The molecule has 0 bridgehead atoms. The van der Waals surface area contributed by atoms with Crippen molar-refractivity contribution < 1.29 is 35.9 Å². The van der Waals surface area contributed by atoms with Crippen LogP contribution in [0.4, 0.5) is 26.3 Å². The van der Waals surface area contributed by atoms with E-state index in [1.54, 1.807) is 12.4 Å². The average molecular weight is 512 g/mol.